The van der Waals surface area contributed by atoms with Gasteiger partial charge in [0.1, 0.15) is 5.82 Å². The van der Waals surface area contributed by atoms with E-state index in [4.69, 9.17) is 5.73 Å². The first-order valence-electron chi connectivity index (χ1n) is 7.47. The van der Waals surface area contributed by atoms with Crippen molar-refractivity contribution in [1.29, 1.82) is 0 Å². The molecule has 21 heavy (non-hydrogen) atoms. The van der Waals surface area contributed by atoms with Crippen LogP contribution in [-0.2, 0) is 4.79 Å². The third kappa shape index (κ3) is 3.62. The van der Waals surface area contributed by atoms with Crippen molar-refractivity contribution >= 4 is 5.91 Å². The van der Waals surface area contributed by atoms with E-state index in [2.05, 4.69) is 5.32 Å². The zero-order chi connectivity index (χ0) is 15.8. The van der Waals surface area contributed by atoms with E-state index in [1.165, 1.54) is 12.1 Å². The first kappa shape index (κ1) is 16.0. The lowest BCUT2D eigenvalue weighted by Gasteiger charge is -2.35. The molecule has 0 radical (unpaired) electrons. The van der Waals surface area contributed by atoms with E-state index >= 15 is 0 Å². The highest BCUT2D eigenvalue weighted by Gasteiger charge is 2.45. The molecule has 2 atom stereocenters. The van der Waals surface area contributed by atoms with Crippen molar-refractivity contribution in [3.05, 3.63) is 35.6 Å². The SMILES string of the molecule is CC(C)(C)C(NC(=O)C(C)(N)C1CC1)c1ccc(F)cc1. The number of nitrogens with one attached hydrogen (secondary N) is 1. The maximum absolute atomic E-state index is 13.1. The van der Waals surface area contributed by atoms with Crippen molar-refractivity contribution < 1.29 is 9.18 Å². The molecule has 0 saturated heterocycles. The van der Waals surface area contributed by atoms with Gasteiger partial charge < -0.3 is 11.1 Å². The topological polar surface area (TPSA) is 55.1 Å². The Kier molecular flexibility index (Phi) is 4.11. The van der Waals surface area contributed by atoms with Gasteiger partial charge in [-0.25, -0.2) is 4.39 Å². The van der Waals surface area contributed by atoms with E-state index in [0.717, 1.165) is 18.4 Å². The lowest BCUT2D eigenvalue weighted by molar-refractivity contribution is -0.128. The maximum Gasteiger partial charge on any atom is 0.240 e. The van der Waals surface area contributed by atoms with Gasteiger partial charge in [-0.2, -0.15) is 0 Å². The summed E-state index contributed by atoms with van der Waals surface area (Å²) in [5, 5.41) is 3.07. The molecule has 1 aromatic carbocycles. The summed E-state index contributed by atoms with van der Waals surface area (Å²) in [6.45, 7) is 7.94. The molecule has 4 heteroatoms. The molecular weight excluding hydrogens is 267 g/mol. The summed E-state index contributed by atoms with van der Waals surface area (Å²) in [6, 6.07) is 6.07. The van der Waals surface area contributed by atoms with E-state index in [1.54, 1.807) is 19.1 Å². The number of carbonyl (C=O) groups is 1. The second kappa shape index (κ2) is 5.41. The standard InChI is InChI=1S/C17H25FN2O/c1-16(2,3)14(11-5-9-13(18)10-6-11)20-15(21)17(4,19)12-7-8-12/h5-6,9-10,12,14H,7-8,19H2,1-4H3,(H,20,21). The molecular formula is C17H25FN2O. The van der Waals surface area contributed by atoms with Crippen LogP contribution in [-0.4, -0.2) is 11.4 Å². The van der Waals surface area contributed by atoms with Crippen LogP contribution in [0.3, 0.4) is 0 Å². The predicted molar refractivity (Wildman–Crippen MR) is 82.1 cm³/mol. The van der Waals surface area contributed by atoms with E-state index in [0.29, 0.717) is 0 Å². The smallest absolute Gasteiger partial charge is 0.240 e. The molecule has 0 aromatic heterocycles. The highest BCUT2D eigenvalue weighted by molar-refractivity contribution is 5.86. The van der Waals surface area contributed by atoms with Gasteiger partial charge in [-0.05, 0) is 48.8 Å². The zero-order valence-corrected chi connectivity index (χ0v) is 13.2. The average Bonchev–Trinajstić information content (AvgIpc) is 3.20. The van der Waals surface area contributed by atoms with Crippen molar-refractivity contribution in [2.75, 3.05) is 0 Å². The molecule has 1 fully saturated rings. The Balaban J connectivity index is 2.21. The minimum absolute atomic E-state index is 0.130. The first-order valence-corrected chi connectivity index (χ1v) is 7.47. The fourth-order valence-electron chi connectivity index (χ4n) is 2.61. The molecule has 0 bridgehead atoms. The van der Waals surface area contributed by atoms with Gasteiger partial charge >= 0.3 is 0 Å². The Morgan fingerprint density at radius 1 is 1.24 bits per heavy atom. The van der Waals surface area contributed by atoms with Gasteiger partial charge in [0.15, 0.2) is 0 Å². The van der Waals surface area contributed by atoms with Crippen LogP contribution in [0.2, 0.25) is 0 Å². The fourth-order valence-corrected chi connectivity index (χ4v) is 2.61. The van der Waals surface area contributed by atoms with Gasteiger partial charge in [0.05, 0.1) is 11.6 Å². The van der Waals surface area contributed by atoms with Crippen molar-refractivity contribution in [1.82, 2.24) is 5.32 Å². The Morgan fingerprint density at radius 2 is 1.76 bits per heavy atom. The molecule has 1 aliphatic rings. The number of hydrogen-bond acceptors (Lipinski definition) is 2. The molecule has 1 aliphatic carbocycles. The van der Waals surface area contributed by atoms with Crippen molar-refractivity contribution in [2.45, 2.75) is 52.1 Å². The number of benzene rings is 1. The predicted octanol–water partition coefficient (Wildman–Crippen LogP) is 3.16. The Hall–Kier alpha value is -1.42. The average molecular weight is 292 g/mol. The Bertz CT molecular complexity index is 513. The molecule has 0 spiro atoms. The van der Waals surface area contributed by atoms with Crippen molar-refractivity contribution in [3.8, 4) is 0 Å². The highest BCUT2D eigenvalue weighted by Crippen LogP contribution is 2.39. The van der Waals surface area contributed by atoms with Crippen molar-refractivity contribution in [2.24, 2.45) is 17.1 Å². The largest absolute Gasteiger partial charge is 0.347 e. The summed E-state index contributed by atoms with van der Waals surface area (Å²) >= 11 is 0. The van der Waals surface area contributed by atoms with E-state index in [-0.39, 0.29) is 29.1 Å². The van der Waals surface area contributed by atoms with E-state index < -0.39 is 5.54 Å². The third-order valence-electron chi connectivity index (χ3n) is 4.26. The highest BCUT2D eigenvalue weighted by atomic mass is 19.1. The fraction of sp³-hybridized carbons (Fsp3) is 0.588. The zero-order valence-electron chi connectivity index (χ0n) is 13.2. The van der Waals surface area contributed by atoms with Crippen LogP contribution < -0.4 is 11.1 Å². The summed E-state index contributed by atoms with van der Waals surface area (Å²) in [7, 11) is 0. The van der Waals surface area contributed by atoms with Crippen LogP contribution in [0.25, 0.3) is 0 Å². The van der Waals surface area contributed by atoms with Gasteiger partial charge in [0.2, 0.25) is 5.91 Å². The second-order valence-electron chi connectivity index (χ2n) is 7.38. The summed E-state index contributed by atoms with van der Waals surface area (Å²) in [6.07, 6.45) is 2.02. The van der Waals surface area contributed by atoms with Gasteiger partial charge in [0, 0.05) is 0 Å². The van der Waals surface area contributed by atoms with Gasteiger partial charge in [-0.1, -0.05) is 32.9 Å². The van der Waals surface area contributed by atoms with E-state index in [1.807, 2.05) is 20.8 Å². The molecule has 0 heterocycles. The van der Waals surface area contributed by atoms with Crippen LogP contribution in [0.4, 0.5) is 4.39 Å². The third-order valence-corrected chi connectivity index (χ3v) is 4.26. The van der Waals surface area contributed by atoms with Crippen LogP contribution in [0.15, 0.2) is 24.3 Å². The van der Waals surface area contributed by atoms with Gasteiger partial charge in [-0.15, -0.1) is 0 Å². The van der Waals surface area contributed by atoms with Gasteiger partial charge in [0.25, 0.3) is 0 Å². The number of rotatable bonds is 4. The second-order valence-corrected chi connectivity index (χ2v) is 7.38. The summed E-state index contributed by atoms with van der Waals surface area (Å²) < 4.78 is 13.1. The number of nitrogens with two attached hydrogens (primary N) is 1. The molecule has 2 unspecified atom stereocenters. The molecule has 116 valence electrons. The van der Waals surface area contributed by atoms with E-state index in [9.17, 15) is 9.18 Å². The molecule has 1 saturated carbocycles. The molecule has 1 amide bonds. The maximum atomic E-state index is 13.1. The molecule has 0 aliphatic heterocycles. The lowest BCUT2D eigenvalue weighted by Crippen LogP contribution is -2.55. The number of amides is 1. The number of halogens is 1. The molecule has 3 nitrogen and oxygen atoms in total. The first-order chi connectivity index (χ1) is 9.62. The normalized spacial score (nSPS) is 19.7. The van der Waals surface area contributed by atoms with Crippen LogP contribution in [0, 0.1) is 17.2 Å². The summed E-state index contributed by atoms with van der Waals surface area (Å²) in [5.74, 6) is -0.139. The monoisotopic (exact) mass is 292 g/mol. The van der Waals surface area contributed by atoms with Crippen LogP contribution in [0.1, 0.15) is 52.1 Å². The molecule has 2 rings (SSSR count). The van der Waals surface area contributed by atoms with Crippen LogP contribution >= 0.6 is 0 Å². The number of carbonyl (C=O) groups excluding carboxylic acids is 1. The molecule has 3 N–H and O–H groups in total. The summed E-state index contributed by atoms with van der Waals surface area (Å²) in [4.78, 5) is 12.5. The Labute approximate surface area is 126 Å². The lowest BCUT2D eigenvalue weighted by atomic mass is 9.81. The van der Waals surface area contributed by atoms with Crippen LogP contribution in [0.5, 0.6) is 0 Å². The van der Waals surface area contributed by atoms with Crippen molar-refractivity contribution in [3.63, 3.8) is 0 Å². The number of hydrogen-bond donors (Lipinski definition) is 2. The molecule has 1 aromatic rings. The minimum Gasteiger partial charge on any atom is -0.347 e. The van der Waals surface area contributed by atoms with Gasteiger partial charge in [-0.3, -0.25) is 4.79 Å². The minimum atomic E-state index is -0.830. The quantitative estimate of drug-likeness (QED) is 0.895. The summed E-state index contributed by atoms with van der Waals surface area (Å²) in [5.41, 5.74) is 6.06. The Morgan fingerprint density at radius 3 is 2.19 bits per heavy atom.